The summed E-state index contributed by atoms with van der Waals surface area (Å²) in [6, 6.07) is 3.66. The van der Waals surface area contributed by atoms with Gasteiger partial charge in [-0.25, -0.2) is 0 Å². The summed E-state index contributed by atoms with van der Waals surface area (Å²) >= 11 is 0. The molecule has 0 fully saturated rings. The molecule has 0 saturated heterocycles. The normalized spacial score (nSPS) is 10.6. The Morgan fingerprint density at radius 2 is 2.43 bits per heavy atom. The van der Waals surface area contributed by atoms with Crippen LogP contribution in [-0.2, 0) is 18.3 Å². The first-order valence-electron chi connectivity index (χ1n) is 4.17. The van der Waals surface area contributed by atoms with Crippen LogP contribution in [0.4, 0.5) is 0 Å². The molecule has 2 aromatic rings. The molecule has 14 heavy (non-hydrogen) atoms. The third kappa shape index (κ3) is 1.32. The third-order valence-corrected chi connectivity index (χ3v) is 2.00. The maximum atomic E-state index is 10.5. The molecule has 0 aromatic carbocycles. The largest absolute Gasteiger partial charge is 0.481 e. The number of nitrogens with zero attached hydrogens (tertiary/aromatic N) is 3. The van der Waals surface area contributed by atoms with Crippen LogP contribution in [0.2, 0.25) is 0 Å². The smallest absolute Gasteiger partial charge is 0.309 e. The van der Waals surface area contributed by atoms with Crippen LogP contribution in [0.1, 0.15) is 5.69 Å². The van der Waals surface area contributed by atoms with E-state index < -0.39 is 5.97 Å². The highest BCUT2D eigenvalue weighted by Crippen LogP contribution is 2.14. The van der Waals surface area contributed by atoms with Gasteiger partial charge in [0, 0.05) is 13.2 Å². The molecule has 0 aliphatic carbocycles. The zero-order valence-electron chi connectivity index (χ0n) is 7.64. The number of rotatable bonds is 2. The van der Waals surface area contributed by atoms with E-state index in [1.165, 1.54) is 0 Å². The van der Waals surface area contributed by atoms with Gasteiger partial charge in [-0.2, -0.15) is 5.10 Å². The molecule has 0 unspecified atom stereocenters. The van der Waals surface area contributed by atoms with Gasteiger partial charge in [0.15, 0.2) is 0 Å². The molecule has 0 amide bonds. The minimum absolute atomic E-state index is 0.0889. The molecule has 0 saturated carbocycles. The predicted octanol–water partition coefficient (Wildman–Crippen LogP) is 0.595. The monoisotopic (exact) mass is 191 g/mol. The first-order valence-corrected chi connectivity index (χ1v) is 4.17. The van der Waals surface area contributed by atoms with Crippen LogP contribution in [0.25, 0.3) is 11.0 Å². The van der Waals surface area contributed by atoms with Gasteiger partial charge < -0.3 is 5.11 Å². The molecular weight excluding hydrogens is 182 g/mol. The molecule has 0 radical (unpaired) electrons. The Bertz CT molecular complexity index is 490. The minimum atomic E-state index is -0.893. The molecule has 0 atom stereocenters. The average Bonchev–Trinajstić information content (AvgIpc) is 2.44. The average molecular weight is 191 g/mol. The van der Waals surface area contributed by atoms with Crippen LogP contribution in [0.5, 0.6) is 0 Å². The van der Waals surface area contributed by atoms with Gasteiger partial charge in [-0.15, -0.1) is 0 Å². The van der Waals surface area contributed by atoms with E-state index in [1.54, 1.807) is 24.0 Å². The number of pyridine rings is 1. The molecule has 0 aliphatic heterocycles. The third-order valence-electron chi connectivity index (χ3n) is 2.00. The molecule has 2 heterocycles. The summed E-state index contributed by atoms with van der Waals surface area (Å²) in [5.41, 5.74) is 2.02. The van der Waals surface area contributed by atoms with Crippen molar-refractivity contribution in [2.75, 3.05) is 0 Å². The second-order valence-electron chi connectivity index (χ2n) is 3.01. The number of carboxylic acids is 1. The van der Waals surface area contributed by atoms with Crippen LogP contribution in [0.3, 0.4) is 0 Å². The number of aromatic nitrogens is 3. The Morgan fingerprint density at radius 1 is 1.64 bits per heavy atom. The fourth-order valence-corrected chi connectivity index (χ4v) is 1.42. The number of hydrogen-bond acceptors (Lipinski definition) is 3. The molecule has 0 bridgehead atoms. The summed E-state index contributed by atoms with van der Waals surface area (Å²) < 4.78 is 1.64. The quantitative estimate of drug-likeness (QED) is 0.754. The second-order valence-corrected chi connectivity index (χ2v) is 3.01. The van der Waals surface area contributed by atoms with Crippen molar-refractivity contribution in [3.8, 4) is 0 Å². The lowest BCUT2D eigenvalue weighted by molar-refractivity contribution is -0.136. The number of carbonyl (C=O) groups is 1. The molecule has 5 heteroatoms. The van der Waals surface area contributed by atoms with Crippen molar-refractivity contribution in [3.63, 3.8) is 0 Å². The molecule has 0 spiro atoms. The lowest BCUT2D eigenvalue weighted by Gasteiger charge is -1.90. The Hall–Kier alpha value is -1.91. The van der Waals surface area contributed by atoms with Crippen LogP contribution < -0.4 is 0 Å². The molecule has 2 rings (SSSR count). The van der Waals surface area contributed by atoms with E-state index in [1.807, 2.05) is 6.07 Å². The van der Waals surface area contributed by atoms with Crippen molar-refractivity contribution in [2.24, 2.45) is 7.05 Å². The number of aliphatic carboxylic acids is 1. The molecule has 5 nitrogen and oxygen atoms in total. The molecule has 0 aliphatic rings. The van der Waals surface area contributed by atoms with Crippen LogP contribution in [0, 0.1) is 0 Å². The van der Waals surface area contributed by atoms with E-state index >= 15 is 0 Å². The van der Waals surface area contributed by atoms with Crippen molar-refractivity contribution < 1.29 is 9.90 Å². The van der Waals surface area contributed by atoms with Crippen molar-refractivity contribution in [1.29, 1.82) is 0 Å². The van der Waals surface area contributed by atoms with Crippen molar-refractivity contribution in [3.05, 3.63) is 24.0 Å². The van der Waals surface area contributed by atoms with Gasteiger partial charge in [-0.05, 0) is 12.1 Å². The Morgan fingerprint density at radius 3 is 3.14 bits per heavy atom. The summed E-state index contributed by atoms with van der Waals surface area (Å²) in [7, 11) is 1.77. The highest BCUT2D eigenvalue weighted by molar-refractivity contribution is 5.81. The Kier molecular flexibility index (Phi) is 1.92. The van der Waals surface area contributed by atoms with Gasteiger partial charge in [0.05, 0.1) is 17.6 Å². The Labute approximate surface area is 80.0 Å². The zero-order valence-corrected chi connectivity index (χ0v) is 7.64. The standard InChI is InChI=1S/C9H9N3O2/c1-12-7-3-2-4-10-9(7)6(11-12)5-8(13)14/h2-4H,5H2,1H3,(H,13,14). The number of hydrogen-bond donors (Lipinski definition) is 1. The van der Waals surface area contributed by atoms with E-state index in [0.29, 0.717) is 11.2 Å². The van der Waals surface area contributed by atoms with E-state index in [9.17, 15) is 4.79 Å². The van der Waals surface area contributed by atoms with Crippen molar-refractivity contribution in [2.45, 2.75) is 6.42 Å². The number of aryl methyl sites for hydroxylation is 1. The second kappa shape index (κ2) is 3.10. The van der Waals surface area contributed by atoms with Crippen molar-refractivity contribution in [1.82, 2.24) is 14.8 Å². The van der Waals surface area contributed by atoms with E-state index in [4.69, 9.17) is 5.11 Å². The highest BCUT2D eigenvalue weighted by atomic mass is 16.4. The number of carboxylic acid groups (broad SMARTS) is 1. The van der Waals surface area contributed by atoms with Gasteiger partial charge >= 0.3 is 5.97 Å². The molecule has 2 aromatic heterocycles. The van der Waals surface area contributed by atoms with Crippen LogP contribution in [-0.4, -0.2) is 25.8 Å². The fraction of sp³-hybridized carbons (Fsp3) is 0.222. The predicted molar refractivity (Wildman–Crippen MR) is 49.8 cm³/mol. The first-order chi connectivity index (χ1) is 6.68. The van der Waals surface area contributed by atoms with Crippen molar-refractivity contribution >= 4 is 17.0 Å². The van der Waals surface area contributed by atoms with Gasteiger partial charge in [-0.3, -0.25) is 14.5 Å². The summed E-state index contributed by atoms with van der Waals surface area (Å²) in [4.78, 5) is 14.7. The molecular formula is C9H9N3O2. The van der Waals surface area contributed by atoms with Gasteiger partial charge in [-0.1, -0.05) is 0 Å². The summed E-state index contributed by atoms with van der Waals surface area (Å²) in [5.74, 6) is -0.893. The van der Waals surface area contributed by atoms with Gasteiger partial charge in [0.2, 0.25) is 0 Å². The van der Waals surface area contributed by atoms with Gasteiger partial charge in [0.25, 0.3) is 0 Å². The van der Waals surface area contributed by atoms with E-state index in [2.05, 4.69) is 10.1 Å². The first kappa shape index (κ1) is 8.68. The fourth-order valence-electron chi connectivity index (χ4n) is 1.42. The summed E-state index contributed by atoms with van der Waals surface area (Å²) in [6.07, 6.45) is 1.55. The molecule has 1 N–H and O–H groups in total. The molecule has 72 valence electrons. The van der Waals surface area contributed by atoms with Crippen LogP contribution >= 0.6 is 0 Å². The maximum absolute atomic E-state index is 10.5. The summed E-state index contributed by atoms with van der Waals surface area (Å²) in [6.45, 7) is 0. The highest BCUT2D eigenvalue weighted by Gasteiger charge is 2.11. The zero-order chi connectivity index (χ0) is 10.1. The van der Waals surface area contributed by atoms with E-state index in [0.717, 1.165) is 5.52 Å². The van der Waals surface area contributed by atoms with Crippen LogP contribution in [0.15, 0.2) is 18.3 Å². The summed E-state index contributed by atoms with van der Waals surface area (Å²) in [5, 5.41) is 12.8. The topological polar surface area (TPSA) is 68.0 Å². The number of fused-ring (bicyclic) bond motifs is 1. The Balaban J connectivity index is 2.60. The maximum Gasteiger partial charge on any atom is 0.309 e. The minimum Gasteiger partial charge on any atom is -0.481 e. The lowest BCUT2D eigenvalue weighted by atomic mass is 10.2. The van der Waals surface area contributed by atoms with E-state index in [-0.39, 0.29) is 6.42 Å². The lowest BCUT2D eigenvalue weighted by Crippen LogP contribution is -2.02. The van der Waals surface area contributed by atoms with Gasteiger partial charge in [0.1, 0.15) is 5.52 Å². The SMILES string of the molecule is Cn1nc(CC(=O)O)c2ncccc21.